The van der Waals surface area contributed by atoms with Crippen molar-refractivity contribution in [2.24, 2.45) is 5.41 Å². The lowest BCUT2D eigenvalue weighted by Gasteiger charge is -2.35. The van der Waals surface area contributed by atoms with E-state index >= 15 is 0 Å². The van der Waals surface area contributed by atoms with Gasteiger partial charge in [0.2, 0.25) is 0 Å². The first-order chi connectivity index (χ1) is 7.45. The molecule has 0 aromatic heterocycles. The van der Waals surface area contributed by atoms with E-state index in [1.54, 1.807) is 0 Å². The summed E-state index contributed by atoms with van der Waals surface area (Å²) >= 11 is 0. The maximum atomic E-state index is 3.62. The van der Waals surface area contributed by atoms with Gasteiger partial charge >= 0.3 is 0 Å². The van der Waals surface area contributed by atoms with Crippen molar-refractivity contribution in [2.75, 3.05) is 26.2 Å². The number of likely N-dealkylation sites (N-methyl/N-ethyl adjacent to an activating group) is 2. The first kappa shape index (κ1) is 15.9. The minimum atomic E-state index is 0.343. The fourth-order valence-electron chi connectivity index (χ4n) is 1.91. The van der Waals surface area contributed by atoms with E-state index in [-0.39, 0.29) is 0 Å². The molecule has 0 amide bonds. The Kier molecular flexibility index (Phi) is 8.04. The van der Waals surface area contributed by atoms with Gasteiger partial charge in [-0.3, -0.25) is 0 Å². The highest BCUT2D eigenvalue weighted by Gasteiger charge is 2.25. The van der Waals surface area contributed by atoms with Gasteiger partial charge in [0.15, 0.2) is 0 Å². The zero-order valence-corrected chi connectivity index (χ0v) is 12.3. The summed E-state index contributed by atoms with van der Waals surface area (Å²) in [4.78, 5) is 2.57. The highest BCUT2D eigenvalue weighted by molar-refractivity contribution is 4.83. The van der Waals surface area contributed by atoms with Crippen molar-refractivity contribution in [3.05, 3.63) is 0 Å². The Morgan fingerprint density at radius 2 is 1.75 bits per heavy atom. The van der Waals surface area contributed by atoms with E-state index in [1.807, 2.05) is 0 Å². The van der Waals surface area contributed by atoms with Crippen LogP contribution in [0.5, 0.6) is 0 Å². The molecule has 98 valence electrons. The maximum absolute atomic E-state index is 3.62. The van der Waals surface area contributed by atoms with Gasteiger partial charge < -0.3 is 10.2 Å². The summed E-state index contributed by atoms with van der Waals surface area (Å²) in [7, 11) is 0. The normalized spacial score (nSPS) is 14.4. The Balaban J connectivity index is 4.23. The van der Waals surface area contributed by atoms with Crippen LogP contribution < -0.4 is 5.32 Å². The highest BCUT2D eigenvalue weighted by Crippen LogP contribution is 2.20. The summed E-state index contributed by atoms with van der Waals surface area (Å²) in [6, 6.07) is 0.592. The van der Waals surface area contributed by atoms with E-state index in [0.29, 0.717) is 11.5 Å². The summed E-state index contributed by atoms with van der Waals surface area (Å²) in [6.07, 6.45) is 2.61. The van der Waals surface area contributed by atoms with Gasteiger partial charge in [-0.25, -0.2) is 0 Å². The molecule has 0 saturated heterocycles. The van der Waals surface area contributed by atoms with E-state index in [4.69, 9.17) is 0 Å². The predicted molar refractivity (Wildman–Crippen MR) is 73.9 cm³/mol. The van der Waals surface area contributed by atoms with E-state index in [2.05, 4.69) is 51.8 Å². The molecular formula is C14H32N2. The third kappa shape index (κ3) is 6.49. The van der Waals surface area contributed by atoms with E-state index in [9.17, 15) is 0 Å². The van der Waals surface area contributed by atoms with Crippen molar-refractivity contribution in [2.45, 2.75) is 60.4 Å². The van der Waals surface area contributed by atoms with Crippen LogP contribution in [-0.4, -0.2) is 37.1 Å². The molecular weight excluding hydrogens is 196 g/mol. The molecule has 0 bridgehead atoms. The zero-order valence-electron chi connectivity index (χ0n) is 12.3. The third-order valence-corrected chi connectivity index (χ3v) is 3.21. The summed E-state index contributed by atoms with van der Waals surface area (Å²) in [5, 5.41) is 3.62. The molecule has 1 atom stereocenters. The quantitative estimate of drug-likeness (QED) is 0.686. The molecule has 0 rings (SSSR count). The monoisotopic (exact) mass is 228 g/mol. The molecule has 2 nitrogen and oxygen atoms in total. The maximum Gasteiger partial charge on any atom is 0.0243 e. The van der Waals surface area contributed by atoms with Crippen molar-refractivity contribution in [3.8, 4) is 0 Å². The number of nitrogens with one attached hydrogen (secondary N) is 1. The van der Waals surface area contributed by atoms with Crippen LogP contribution in [0.1, 0.15) is 54.4 Å². The Bertz CT molecular complexity index is 161. The molecule has 0 fully saturated rings. The van der Waals surface area contributed by atoms with Gasteiger partial charge in [0, 0.05) is 12.6 Å². The minimum Gasteiger partial charge on any atom is -0.312 e. The van der Waals surface area contributed by atoms with Crippen molar-refractivity contribution in [3.63, 3.8) is 0 Å². The lowest BCUT2D eigenvalue weighted by atomic mass is 9.86. The topological polar surface area (TPSA) is 15.3 Å². The summed E-state index contributed by atoms with van der Waals surface area (Å²) in [6.45, 7) is 18.3. The molecule has 0 aliphatic rings. The van der Waals surface area contributed by atoms with Gasteiger partial charge in [0.25, 0.3) is 0 Å². The minimum absolute atomic E-state index is 0.343. The van der Waals surface area contributed by atoms with Crippen LogP contribution in [0.3, 0.4) is 0 Å². The fraction of sp³-hybridized carbons (Fsp3) is 1.00. The number of unbranched alkanes of at least 4 members (excludes halogenated alkanes) is 1. The second-order valence-corrected chi connectivity index (χ2v) is 5.72. The Morgan fingerprint density at radius 1 is 1.12 bits per heavy atom. The van der Waals surface area contributed by atoms with E-state index < -0.39 is 0 Å². The van der Waals surface area contributed by atoms with Crippen molar-refractivity contribution in [1.29, 1.82) is 0 Å². The van der Waals surface area contributed by atoms with Crippen LogP contribution in [0.15, 0.2) is 0 Å². The van der Waals surface area contributed by atoms with Gasteiger partial charge in [0.1, 0.15) is 0 Å². The third-order valence-electron chi connectivity index (χ3n) is 3.21. The molecule has 0 aromatic rings. The highest BCUT2D eigenvalue weighted by atomic mass is 15.1. The van der Waals surface area contributed by atoms with Gasteiger partial charge in [-0.15, -0.1) is 0 Å². The lowest BCUT2D eigenvalue weighted by Crippen LogP contribution is -2.48. The molecule has 0 aliphatic carbocycles. The Labute approximate surface area is 103 Å². The van der Waals surface area contributed by atoms with Crippen molar-refractivity contribution < 1.29 is 0 Å². The number of rotatable bonds is 8. The molecule has 0 aromatic carbocycles. The molecule has 0 aliphatic heterocycles. The molecule has 2 heteroatoms. The molecule has 0 radical (unpaired) electrons. The summed E-state index contributed by atoms with van der Waals surface area (Å²) in [5.74, 6) is 0. The van der Waals surface area contributed by atoms with Crippen LogP contribution in [0.4, 0.5) is 0 Å². The standard InChI is InChI=1S/C14H32N2/c1-7-10-11-16(9-3)12-13(15-8-2)14(4,5)6/h13,15H,7-12H2,1-6H3. The number of hydrogen-bond donors (Lipinski definition) is 1. The Morgan fingerprint density at radius 3 is 2.12 bits per heavy atom. The molecule has 0 heterocycles. The molecule has 1 N–H and O–H groups in total. The molecule has 1 unspecified atom stereocenters. The molecule has 0 saturated carbocycles. The largest absolute Gasteiger partial charge is 0.312 e. The molecule has 0 spiro atoms. The van der Waals surface area contributed by atoms with Crippen LogP contribution in [0, 0.1) is 5.41 Å². The first-order valence-corrected chi connectivity index (χ1v) is 6.91. The van der Waals surface area contributed by atoms with Crippen LogP contribution in [0.2, 0.25) is 0 Å². The van der Waals surface area contributed by atoms with Crippen molar-refractivity contribution in [1.82, 2.24) is 10.2 Å². The zero-order chi connectivity index (χ0) is 12.6. The summed E-state index contributed by atoms with van der Waals surface area (Å²) in [5.41, 5.74) is 0.343. The first-order valence-electron chi connectivity index (χ1n) is 6.91. The SMILES string of the molecule is CCCCN(CC)CC(NCC)C(C)(C)C. The Hall–Kier alpha value is -0.0800. The van der Waals surface area contributed by atoms with Crippen LogP contribution in [-0.2, 0) is 0 Å². The second-order valence-electron chi connectivity index (χ2n) is 5.72. The van der Waals surface area contributed by atoms with Crippen molar-refractivity contribution >= 4 is 0 Å². The fourth-order valence-corrected chi connectivity index (χ4v) is 1.91. The average molecular weight is 228 g/mol. The van der Waals surface area contributed by atoms with Gasteiger partial charge in [0.05, 0.1) is 0 Å². The average Bonchev–Trinajstić information content (AvgIpc) is 2.21. The molecule has 16 heavy (non-hydrogen) atoms. The predicted octanol–water partition coefficient (Wildman–Crippen LogP) is 3.13. The van der Waals surface area contributed by atoms with E-state index in [1.165, 1.54) is 25.9 Å². The van der Waals surface area contributed by atoms with Gasteiger partial charge in [-0.05, 0) is 31.5 Å². The summed E-state index contributed by atoms with van der Waals surface area (Å²) < 4.78 is 0. The lowest BCUT2D eigenvalue weighted by molar-refractivity contribution is 0.178. The van der Waals surface area contributed by atoms with Crippen LogP contribution >= 0.6 is 0 Å². The number of nitrogens with zero attached hydrogens (tertiary/aromatic N) is 1. The van der Waals surface area contributed by atoms with E-state index in [0.717, 1.165) is 13.1 Å². The second kappa shape index (κ2) is 8.08. The van der Waals surface area contributed by atoms with Gasteiger partial charge in [-0.1, -0.05) is 48.0 Å². The van der Waals surface area contributed by atoms with Gasteiger partial charge in [-0.2, -0.15) is 0 Å². The smallest absolute Gasteiger partial charge is 0.0243 e. The number of hydrogen-bond acceptors (Lipinski definition) is 2. The van der Waals surface area contributed by atoms with Crippen LogP contribution in [0.25, 0.3) is 0 Å².